The molecule has 5 heteroatoms. The van der Waals surface area contributed by atoms with E-state index in [1.807, 2.05) is 0 Å². The Morgan fingerprint density at radius 1 is 1.18 bits per heavy atom. The van der Waals surface area contributed by atoms with Gasteiger partial charge in [-0.05, 0) is 36.4 Å². The number of nitrogens with zero attached hydrogens (tertiary/aromatic N) is 3. The van der Waals surface area contributed by atoms with Crippen LogP contribution in [0.4, 0.5) is 10.2 Å². The predicted molar refractivity (Wildman–Crippen MR) is 81.2 cm³/mol. The number of hydrogen-bond donors (Lipinski definition) is 0. The maximum Gasteiger partial charge on any atom is 0.146 e. The molecule has 0 N–H and O–H groups in total. The second-order valence-corrected chi connectivity index (χ2v) is 5.24. The molecule has 0 bridgehead atoms. The van der Waals surface area contributed by atoms with Gasteiger partial charge in [0.15, 0.2) is 0 Å². The molecule has 112 valence electrons. The van der Waals surface area contributed by atoms with Gasteiger partial charge < -0.3 is 9.64 Å². The van der Waals surface area contributed by atoms with Gasteiger partial charge in [-0.1, -0.05) is 0 Å². The highest BCUT2D eigenvalue weighted by Gasteiger charge is 2.23. The number of aromatic nitrogens is 1. The van der Waals surface area contributed by atoms with Crippen LogP contribution in [0, 0.1) is 17.1 Å². The highest BCUT2D eigenvalue weighted by Crippen LogP contribution is 2.24. The van der Waals surface area contributed by atoms with Gasteiger partial charge >= 0.3 is 0 Å². The van der Waals surface area contributed by atoms with Crippen molar-refractivity contribution in [3.63, 3.8) is 0 Å². The summed E-state index contributed by atoms with van der Waals surface area (Å²) in [6.45, 7) is 1.58. The number of hydrogen-bond acceptors (Lipinski definition) is 4. The van der Waals surface area contributed by atoms with Crippen molar-refractivity contribution >= 4 is 5.82 Å². The second kappa shape index (κ2) is 6.44. The molecular weight excluding hydrogens is 281 g/mol. The largest absolute Gasteiger partial charge is 0.490 e. The minimum atomic E-state index is -0.263. The smallest absolute Gasteiger partial charge is 0.146 e. The third kappa shape index (κ3) is 3.17. The Labute approximate surface area is 128 Å². The summed E-state index contributed by atoms with van der Waals surface area (Å²) >= 11 is 0. The molecule has 0 atom stereocenters. The molecule has 0 radical (unpaired) electrons. The summed E-state index contributed by atoms with van der Waals surface area (Å²) in [6, 6.07) is 11.8. The Bertz CT molecular complexity index is 673. The lowest BCUT2D eigenvalue weighted by atomic mass is 10.1. The van der Waals surface area contributed by atoms with E-state index in [1.54, 1.807) is 30.5 Å². The van der Waals surface area contributed by atoms with Crippen molar-refractivity contribution in [3.8, 4) is 11.8 Å². The molecule has 1 aromatic carbocycles. The van der Waals surface area contributed by atoms with E-state index in [-0.39, 0.29) is 11.9 Å². The van der Waals surface area contributed by atoms with E-state index in [0.717, 1.165) is 31.7 Å². The number of anilines is 1. The van der Waals surface area contributed by atoms with Gasteiger partial charge in [-0.25, -0.2) is 9.37 Å². The van der Waals surface area contributed by atoms with Crippen LogP contribution in [0.1, 0.15) is 18.4 Å². The Kier molecular flexibility index (Phi) is 4.19. The molecule has 0 saturated carbocycles. The van der Waals surface area contributed by atoms with Crippen molar-refractivity contribution in [1.82, 2.24) is 4.98 Å². The molecule has 1 fully saturated rings. The number of piperidine rings is 1. The quantitative estimate of drug-likeness (QED) is 0.873. The van der Waals surface area contributed by atoms with E-state index >= 15 is 0 Å². The summed E-state index contributed by atoms with van der Waals surface area (Å²) in [4.78, 5) is 6.43. The third-order valence-corrected chi connectivity index (χ3v) is 3.77. The monoisotopic (exact) mass is 297 g/mol. The van der Waals surface area contributed by atoms with Crippen LogP contribution in [0.25, 0.3) is 0 Å². The zero-order valence-electron chi connectivity index (χ0n) is 12.1. The lowest BCUT2D eigenvalue weighted by Gasteiger charge is -2.33. The average molecular weight is 297 g/mol. The van der Waals surface area contributed by atoms with Gasteiger partial charge in [0.25, 0.3) is 0 Å². The van der Waals surface area contributed by atoms with Gasteiger partial charge in [-0.15, -0.1) is 0 Å². The van der Waals surface area contributed by atoms with E-state index in [1.165, 1.54) is 12.1 Å². The molecule has 3 rings (SSSR count). The van der Waals surface area contributed by atoms with Crippen LogP contribution in [-0.2, 0) is 0 Å². The fourth-order valence-corrected chi connectivity index (χ4v) is 2.63. The highest BCUT2D eigenvalue weighted by molar-refractivity contribution is 5.53. The van der Waals surface area contributed by atoms with Crippen molar-refractivity contribution in [3.05, 3.63) is 54.0 Å². The summed E-state index contributed by atoms with van der Waals surface area (Å²) in [7, 11) is 0. The van der Waals surface area contributed by atoms with Crippen molar-refractivity contribution in [2.24, 2.45) is 0 Å². The van der Waals surface area contributed by atoms with Crippen LogP contribution < -0.4 is 9.64 Å². The molecule has 0 spiro atoms. The number of benzene rings is 1. The second-order valence-electron chi connectivity index (χ2n) is 5.24. The maximum atomic E-state index is 12.9. The highest BCUT2D eigenvalue weighted by atomic mass is 19.1. The van der Waals surface area contributed by atoms with Crippen LogP contribution in [0.5, 0.6) is 5.75 Å². The summed E-state index contributed by atoms with van der Waals surface area (Å²) < 4.78 is 18.8. The fraction of sp³-hybridized carbons (Fsp3) is 0.294. The molecule has 0 aliphatic carbocycles. The third-order valence-electron chi connectivity index (χ3n) is 3.77. The number of rotatable bonds is 3. The average Bonchev–Trinajstić information content (AvgIpc) is 2.58. The summed E-state index contributed by atoms with van der Waals surface area (Å²) in [5.41, 5.74) is 0.598. The van der Waals surface area contributed by atoms with Crippen molar-refractivity contribution in [2.45, 2.75) is 18.9 Å². The van der Waals surface area contributed by atoms with Gasteiger partial charge in [-0.2, -0.15) is 5.26 Å². The minimum Gasteiger partial charge on any atom is -0.490 e. The molecule has 0 unspecified atom stereocenters. The molecule has 0 amide bonds. The van der Waals surface area contributed by atoms with E-state index < -0.39 is 0 Å². The van der Waals surface area contributed by atoms with Gasteiger partial charge in [0.05, 0.1) is 5.56 Å². The Morgan fingerprint density at radius 2 is 1.91 bits per heavy atom. The summed E-state index contributed by atoms with van der Waals surface area (Å²) in [6.07, 6.45) is 3.51. The van der Waals surface area contributed by atoms with Crippen molar-refractivity contribution in [1.29, 1.82) is 5.26 Å². The summed E-state index contributed by atoms with van der Waals surface area (Å²) in [5, 5.41) is 9.15. The van der Waals surface area contributed by atoms with E-state index in [9.17, 15) is 4.39 Å². The minimum absolute atomic E-state index is 0.107. The number of nitriles is 1. The zero-order valence-corrected chi connectivity index (χ0v) is 12.1. The molecule has 4 nitrogen and oxygen atoms in total. The molecule has 2 aromatic rings. The van der Waals surface area contributed by atoms with Gasteiger partial charge in [0.2, 0.25) is 0 Å². The van der Waals surface area contributed by atoms with Gasteiger partial charge in [0, 0.05) is 32.1 Å². The maximum absolute atomic E-state index is 12.9. The molecule has 1 aromatic heterocycles. The first-order chi connectivity index (χ1) is 10.8. The first-order valence-electron chi connectivity index (χ1n) is 7.28. The fourth-order valence-electron chi connectivity index (χ4n) is 2.63. The van der Waals surface area contributed by atoms with Gasteiger partial charge in [-0.3, -0.25) is 0 Å². The molecule has 1 saturated heterocycles. The standard InChI is InChI=1S/C17H16FN3O/c18-14-3-5-15(6-4-14)22-16-7-10-21(11-8-16)17-13(12-19)2-1-9-20-17/h1-6,9,16H,7-8,10-11H2. The number of ether oxygens (including phenoxy) is 1. The first-order valence-corrected chi connectivity index (χ1v) is 7.28. The molecule has 1 aliphatic rings. The normalized spacial score (nSPS) is 15.4. The van der Waals surface area contributed by atoms with Crippen LogP contribution in [0.15, 0.2) is 42.6 Å². The molecule has 1 aliphatic heterocycles. The van der Waals surface area contributed by atoms with E-state index in [4.69, 9.17) is 10.00 Å². The molecule has 22 heavy (non-hydrogen) atoms. The molecule has 2 heterocycles. The van der Waals surface area contributed by atoms with Crippen LogP contribution in [-0.4, -0.2) is 24.2 Å². The Balaban J connectivity index is 1.61. The van der Waals surface area contributed by atoms with Gasteiger partial charge in [0.1, 0.15) is 29.6 Å². The lowest BCUT2D eigenvalue weighted by Crippen LogP contribution is -2.39. The SMILES string of the molecule is N#Cc1cccnc1N1CCC(Oc2ccc(F)cc2)CC1. The van der Waals surface area contributed by atoms with Crippen LogP contribution >= 0.6 is 0 Å². The van der Waals surface area contributed by atoms with Crippen LogP contribution in [0.3, 0.4) is 0 Å². The summed E-state index contributed by atoms with van der Waals surface area (Å²) in [5.74, 6) is 1.17. The Hall–Kier alpha value is -2.61. The lowest BCUT2D eigenvalue weighted by molar-refractivity contribution is 0.170. The van der Waals surface area contributed by atoms with E-state index in [2.05, 4.69) is 16.0 Å². The van der Waals surface area contributed by atoms with Crippen molar-refractivity contribution in [2.75, 3.05) is 18.0 Å². The topological polar surface area (TPSA) is 49.2 Å². The zero-order chi connectivity index (χ0) is 15.4. The van der Waals surface area contributed by atoms with Crippen molar-refractivity contribution < 1.29 is 9.13 Å². The number of pyridine rings is 1. The van der Waals surface area contributed by atoms with Crippen LogP contribution in [0.2, 0.25) is 0 Å². The first kappa shape index (κ1) is 14.3. The van der Waals surface area contributed by atoms with E-state index in [0.29, 0.717) is 11.3 Å². The predicted octanol–water partition coefficient (Wildman–Crippen LogP) is 3.14. The molecular formula is C17H16FN3O. The number of halogens is 1. The Morgan fingerprint density at radius 3 is 2.59 bits per heavy atom.